The highest BCUT2D eigenvalue weighted by molar-refractivity contribution is 5.35. The fourth-order valence-corrected chi connectivity index (χ4v) is 3.62. The summed E-state index contributed by atoms with van der Waals surface area (Å²) in [7, 11) is 0. The maximum Gasteiger partial charge on any atom is 0.153 e. The molecule has 0 aliphatic heterocycles. The van der Waals surface area contributed by atoms with Crippen LogP contribution in [0.3, 0.4) is 0 Å². The molecule has 1 aliphatic rings. The first-order valence-electron chi connectivity index (χ1n) is 9.40. The Labute approximate surface area is 159 Å². The van der Waals surface area contributed by atoms with Crippen LogP contribution in [0, 0.1) is 0 Å². The minimum absolute atomic E-state index is 0.290. The molecule has 5 nitrogen and oxygen atoms in total. The summed E-state index contributed by atoms with van der Waals surface area (Å²) in [5.74, 6) is 1.78. The second-order valence-corrected chi connectivity index (χ2v) is 6.68. The van der Waals surface area contributed by atoms with Gasteiger partial charge in [0.2, 0.25) is 0 Å². The molecule has 0 radical (unpaired) electrons. The summed E-state index contributed by atoms with van der Waals surface area (Å²) in [5, 5.41) is 8.31. The lowest BCUT2D eigenvalue weighted by Gasteiger charge is -2.24. The molecule has 0 fully saturated rings. The van der Waals surface area contributed by atoms with Crippen molar-refractivity contribution in [3.8, 4) is 11.6 Å². The van der Waals surface area contributed by atoms with Crippen molar-refractivity contribution in [2.45, 2.75) is 31.8 Å². The lowest BCUT2D eigenvalue weighted by molar-refractivity contribution is 0.355. The van der Waals surface area contributed by atoms with Gasteiger partial charge in [0.15, 0.2) is 5.82 Å². The predicted octanol–water partition coefficient (Wildman–Crippen LogP) is 4.00. The highest BCUT2D eigenvalue weighted by atomic mass is 16.5. The average molecular weight is 360 g/mol. The van der Waals surface area contributed by atoms with E-state index >= 15 is 0 Å². The van der Waals surface area contributed by atoms with Crippen LogP contribution in [-0.2, 0) is 13.0 Å². The van der Waals surface area contributed by atoms with Crippen molar-refractivity contribution < 1.29 is 4.74 Å². The zero-order chi connectivity index (χ0) is 18.5. The summed E-state index contributed by atoms with van der Waals surface area (Å²) in [5.41, 5.74) is 3.69. The van der Waals surface area contributed by atoms with E-state index in [9.17, 15) is 0 Å². The number of nitrogens with zero attached hydrogens (tertiary/aromatic N) is 3. The third kappa shape index (κ3) is 3.78. The number of hydrogen-bond donors (Lipinski definition) is 1. The zero-order valence-corrected chi connectivity index (χ0v) is 15.3. The predicted molar refractivity (Wildman–Crippen MR) is 106 cm³/mol. The lowest BCUT2D eigenvalue weighted by Crippen LogP contribution is -2.25. The molecule has 1 atom stereocenters. The summed E-state index contributed by atoms with van der Waals surface area (Å²) in [6.45, 7) is 4.99. The molecule has 27 heavy (non-hydrogen) atoms. The fraction of sp³-hybridized carbons (Fsp3) is 0.273. The quantitative estimate of drug-likeness (QED) is 0.647. The van der Waals surface area contributed by atoms with Crippen molar-refractivity contribution in [3.63, 3.8) is 0 Å². The second-order valence-electron chi connectivity index (χ2n) is 6.68. The number of hydrogen-bond acceptors (Lipinski definition) is 4. The molecule has 0 unspecified atom stereocenters. The highest BCUT2D eigenvalue weighted by Gasteiger charge is 2.25. The first-order chi connectivity index (χ1) is 13.4. The number of para-hydroxylation sites is 1. The molecule has 1 aliphatic carbocycles. The van der Waals surface area contributed by atoms with Crippen LogP contribution in [0.15, 0.2) is 67.5 Å². The minimum atomic E-state index is 0.290. The third-order valence-electron chi connectivity index (χ3n) is 4.92. The summed E-state index contributed by atoms with van der Waals surface area (Å²) >= 11 is 0. The summed E-state index contributed by atoms with van der Waals surface area (Å²) in [6.07, 6.45) is 8.84. The molecule has 0 saturated carbocycles. The monoisotopic (exact) mass is 360 g/mol. The van der Waals surface area contributed by atoms with Gasteiger partial charge in [0.05, 0.1) is 11.9 Å². The molecule has 0 saturated heterocycles. The number of nitrogens with one attached hydrogen (secondary N) is 1. The van der Waals surface area contributed by atoms with E-state index in [2.05, 4.69) is 28.0 Å². The van der Waals surface area contributed by atoms with E-state index in [0.717, 1.165) is 42.9 Å². The summed E-state index contributed by atoms with van der Waals surface area (Å²) in [6, 6.07) is 14.4. The average Bonchev–Trinajstić information content (AvgIpc) is 3.17. The van der Waals surface area contributed by atoms with Crippen molar-refractivity contribution in [3.05, 3.63) is 84.3 Å². The van der Waals surface area contributed by atoms with Gasteiger partial charge in [0.1, 0.15) is 12.4 Å². The van der Waals surface area contributed by atoms with Gasteiger partial charge in [-0.05, 0) is 37.5 Å². The molecule has 1 aromatic carbocycles. The summed E-state index contributed by atoms with van der Waals surface area (Å²) < 4.78 is 7.75. The second kappa shape index (κ2) is 8.18. The van der Waals surface area contributed by atoms with Crippen LogP contribution in [0.25, 0.3) is 5.82 Å². The van der Waals surface area contributed by atoms with Gasteiger partial charge in [-0.15, -0.1) is 0 Å². The highest BCUT2D eigenvalue weighted by Crippen LogP contribution is 2.31. The molecule has 5 heteroatoms. The smallest absolute Gasteiger partial charge is 0.153 e. The molecule has 2 aromatic heterocycles. The molecule has 0 bridgehead atoms. The SMILES string of the molecule is C=CCOc1ccccc1CN[C@@H]1CCCc2c1cnn2-c1ccccn1. The van der Waals surface area contributed by atoms with Crippen LogP contribution >= 0.6 is 0 Å². The molecular formula is C22H24N4O. The first kappa shape index (κ1) is 17.5. The normalized spacial score (nSPS) is 15.9. The molecule has 138 valence electrons. The van der Waals surface area contributed by atoms with Gasteiger partial charge in [0.25, 0.3) is 0 Å². The Morgan fingerprint density at radius 3 is 2.96 bits per heavy atom. The van der Waals surface area contributed by atoms with E-state index in [1.165, 1.54) is 11.3 Å². The van der Waals surface area contributed by atoms with Crippen LogP contribution in [0.1, 0.15) is 35.7 Å². The molecule has 0 amide bonds. The van der Waals surface area contributed by atoms with E-state index in [0.29, 0.717) is 12.6 Å². The Hall–Kier alpha value is -2.92. The van der Waals surface area contributed by atoms with Gasteiger partial charge in [0, 0.05) is 29.9 Å². The van der Waals surface area contributed by atoms with Gasteiger partial charge >= 0.3 is 0 Å². The van der Waals surface area contributed by atoms with E-state index in [1.807, 2.05) is 53.5 Å². The van der Waals surface area contributed by atoms with Crippen LogP contribution < -0.4 is 10.1 Å². The van der Waals surface area contributed by atoms with E-state index < -0.39 is 0 Å². The topological polar surface area (TPSA) is 52.0 Å². The Kier molecular flexibility index (Phi) is 5.30. The molecule has 2 heterocycles. The third-order valence-corrected chi connectivity index (χ3v) is 4.92. The minimum Gasteiger partial charge on any atom is -0.489 e. The maximum absolute atomic E-state index is 5.77. The number of rotatable bonds is 7. The molecule has 1 N–H and O–H groups in total. The van der Waals surface area contributed by atoms with Gasteiger partial charge in [-0.2, -0.15) is 5.10 Å². The van der Waals surface area contributed by atoms with Gasteiger partial charge < -0.3 is 10.1 Å². The van der Waals surface area contributed by atoms with Crippen LogP contribution in [0.2, 0.25) is 0 Å². The number of benzene rings is 1. The number of ether oxygens (including phenoxy) is 1. The van der Waals surface area contributed by atoms with E-state index in [-0.39, 0.29) is 0 Å². The molecule has 0 spiro atoms. The van der Waals surface area contributed by atoms with Gasteiger partial charge in [-0.1, -0.05) is 36.9 Å². The maximum atomic E-state index is 5.77. The lowest BCUT2D eigenvalue weighted by atomic mass is 9.92. The Balaban J connectivity index is 1.51. The van der Waals surface area contributed by atoms with E-state index in [1.54, 1.807) is 6.08 Å². The first-order valence-corrected chi connectivity index (χ1v) is 9.40. The van der Waals surface area contributed by atoms with Crippen molar-refractivity contribution in [1.29, 1.82) is 0 Å². The van der Waals surface area contributed by atoms with Gasteiger partial charge in [-0.25, -0.2) is 9.67 Å². The standard InChI is InChI=1S/C22H24N4O/c1-2-14-27-21-11-4-3-8-17(21)15-24-19-9-7-10-20-18(19)16-25-26(20)22-12-5-6-13-23-22/h2-6,8,11-13,16,19,24H,1,7,9-10,14-15H2/t19-/m1/s1. The molecular weight excluding hydrogens is 336 g/mol. The number of fused-ring (bicyclic) bond motifs is 1. The van der Waals surface area contributed by atoms with Crippen molar-refractivity contribution in [1.82, 2.24) is 20.1 Å². The van der Waals surface area contributed by atoms with Crippen LogP contribution in [0.5, 0.6) is 5.75 Å². The fourth-order valence-electron chi connectivity index (χ4n) is 3.62. The molecule has 4 rings (SSSR count). The zero-order valence-electron chi connectivity index (χ0n) is 15.3. The Bertz CT molecular complexity index is 904. The van der Waals surface area contributed by atoms with Crippen LogP contribution in [-0.4, -0.2) is 21.4 Å². The number of aromatic nitrogens is 3. The molecule has 3 aromatic rings. The summed E-state index contributed by atoms with van der Waals surface area (Å²) in [4.78, 5) is 4.44. The Morgan fingerprint density at radius 1 is 1.22 bits per heavy atom. The largest absolute Gasteiger partial charge is 0.489 e. The van der Waals surface area contributed by atoms with Gasteiger partial charge in [-0.3, -0.25) is 0 Å². The van der Waals surface area contributed by atoms with Crippen molar-refractivity contribution >= 4 is 0 Å². The van der Waals surface area contributed by atoms with E-state index in [4.69, 9.17) is 4.74 Å². The van der Waals surface area contributed by atoms with Crippen molar-refractivity contribution in [2.75, 3.05) is 6.61 Å². The van der Waals surface area contributed by atoms with Crippen molar-refractivity contribution in [2.24, 2.45) is 0 Å². The van der Waals surface area contributed by atoms with Crippen LogP contribution in [0.4, 0.5) is 0 Å². The Morgan fingerprint density at radius 2 is 2.11 bits per heavy atom. The number of pyridine rings is 1.